The molecule has 0 aromatic rings. The van der Waals surface area contributed by atoms with Crippen LogP contribution in [-0.4, -0.2) is 49.7 Å². The highest BCUT2D eigenvalue weighted by Crippen LogP contribution is 2.08. The Morgan fingerprint density at radius 2 is 2.36 bits per heavy atom. The van der Waals surface area contributed by atoms with Crippen LogP contribution in [0.15, 0.2) is 5.11 Å². The van der Waals surface area contributed by atoms with Crippen molar-refractivity contribution in [1.29, 1.82) is 0 Å². The van der Waals surface area contributed by atoms with Crippen molar-refractivity contribution >= 4 is 0 Å². The highest BCUT2D eigenvalue weighted by Gasteiger charge is 2.23. The Kier molecular flexibility index (Phi) is 2.70. The van der Waals surface area contributed by atoms with Crippen LogP contribution in [0.5, 0.6) is 0 Å². The van der Waals surface area contributed by atoms with E-state index in [-0.39, 0.29) is 0 Å². The molecule has 5 nitrogen and oxygen atoms in total. The Bertz CT molecular complexity index is 174. The molecule has 62 valence electrons. The van der Waals surface area contributed by atoms with Gasteiger partial charge < -0.3 is 0 Å². The van der Waals surface area contributed by atoms with Crippen molar-refractivity contribution in [1.82, 2.24) is 9.80 Å². The standard InChI is InChI=1S/C6H13N5/c1-10-4-6(3-8-9-7)11(2)5-10/h6H,3-5H2,1-2H3. The lowest BCUT2D eigenvalue weighted by atomic mass is 10.3. The summed E-state index contributed by atoms with van der Waals surface area (Å²) in [5.74, 6) is 0. The van der Waals surface area contributed by atoms with E-state index in [1.807, 2.05) is 7.05 Å². The first-order valence-corrected chi connectivity index (χ1v) is 3.63. The third-order valence-electron chi connectivity index (χ3n) is 1.97. The first-order chi connectivity index (χ1) is 5.24. The first-order valence-electron chi connectivity index (χ1n) is 3.63. The van der Waals surface area contributed by atoms with Gasteiger partial charge in [-0.25, -0.2) is 0 Å². The lowest BCUT2D eigenvalue weighted by molar-refractivity contribution is 0.288. The number of nitrogens with zero attached hydrogens (tertiary/aromatic N) is 5. The quantitative estimate of drug-likeness (QED) is 0.331. The molecule has 1 fully saturated rings. The van der Waals surface area contributed by atoms with E-state index in [1.165, 1.54) is 0 Å². The molecule has 0 amide bonds. The van der Waals surface area contributed by atoms with E-state index in [9.17, 15) is 0 Å². The van der Waals surface area contributed by atoms with E-state index in [2.05, 4.69) is 26.9 Å². The van der Waals surface area contributed by atoms with E-state index < -0.39 is 0 Å². The smallest absolute Gasteiger partial charge is 0.0504 e. The van der Waals surface area contributed by atoms with Crippen LogP contribution >= 0.6 is 0 Å². The highest BCUT2D eigenvalue weighted by molar-refractivity contribution is 4.80. The predicted octanol–water partition coefficient (Wildman–Crippen LogP) is 0.500. The topological polar surface area (TPSA) is 55.2 Å². The SMILES string of the molecule is CN1CC(CN=[N+]=[N-])N(C)C1. The summed E-state index contributed by atoms with van der Waals surface area (Å²) < 4.78 is 0. The van der Waals surface area contributed by atoms with Gasteiger partial charge in [0.15, 0.2) is 0 Å². The predicted molar refractivity (Wildman–Crippen MR) is 43.1 cm³/mol. The van der Waals surface area contributed by atoms with Crippen LogP contribution in [0.3, 0.4) is 0 Å². The second kappa shape index (κ2) is 3.57. The Morgan fingerprint density at radius 1 is 1.64 bits per heavy atom. The van der Waals surface area contributed by atoms with Crippen LogP contribution in [0.25, 0.3) is 10.4 Å². The van der Waals surface area contributed by atoms with Gasteiger partial charge in [-0.15, -0.1) is 0 Å². The van der Waals surface area contributed by atoms with E-state index in [0.717, 1.165) is 13.2 Å². The van der Waals surface area contributed by atoms with Gasteiger partial charge in [0, 0.05) is 24.0 Å². The van der Waals surface area contributed by atoms with Crippen molar-refractivity contribution in [3.63, 3.8) is 0 Å². The van der Waals surface area contributed by atoms with Crippen molar-refractivity contribution in [2.24, 2.45) is 5.11 Å². The van der Waals surface area contributed by atoms with E-state index in [0.29, 0.717) is 12.6 Å². The fourth-order valence-corrected chi connectivity index (χ4v) is 1.38. The molecule has 5 heteroatoms. The first kappa shape index (κ1) is 8.33. The zero-order chi connectivity index (χ0) is 8.27. The summed E-state index contributed by atoms with van der Waals surface area (Å²) in [6, 6.07) is 0.399. The van der Waals surface area contributed by atoms with E-state index >= 15 is 0 Å². The molecule has 0 aromatic heterocycles. The second-order valence-electron chi connectivity index (χ2n) is 3.00. The average Bonchev–Trinajstić information content (AvgIpc) is 2.26. The van der Waals surface area contributed by atoms with Gasteiger partial charge in [0.2, 0.25) is 0 Å². The molecule has 1 aliphatic heterocycles. The second-order valence-corrected chi connectivity index (χ2v) is 3.00. The van der Waals surface area contributed by atoms with Crippen LogP contribution in [0, 0.1) is 0 Å². The van der Waals surface area contributed by atoms with Crippen LogP contribution < -0.4 is 0 Å². The molecule has 0 aliphatic carbocycles. The number of rotatable bonds is 2. The fourth-order valence-electron chi connectivity index (χ4n) is 1.38. The molecule has 0 N–H and O–H groups in total. The van der Waals surface area contributed by atoms with Gasteiger partial charge in [-0.2, -0.15) is 0 Å². The number of azide groups is 1. The molecule has 1 aliphatic rings. The number of hydrogen-bond donors (Lipinski definition) is 0. The third-order valence-corrected chi connectivity index (χ3v) is 1.97. The van der Waals surface area contributed by atoms with Gasteiger partial charge in [0.25, 0.3) is 0 Å². The van der Waals surface area contributed by atoms with Gasteiger partial charge in [-0.3, -0.25) is 9.80 Å². The third kappa shape index (κ3) is 2.08. The summed E-state index contributed by atoms with van der Waals surface area (Å²) in [4.78, 5) is 7.13. The molecule has 0 spiro atoms. The Labute approximate surface area is 66.2 Å². The van der Waals surface area contributed by atoms with Crippen molar-refractivity contribution in [2.75, 3.05) is 33.9 Å². The lowest BCUT2D eigenvalue weighted by Crippen LogP contribution is -2.29. The molecule has 0 bridgehead atoms. The van der Waals surface area contributed by atoms with Gasteiger partial charge in [-0.1, -0.05) is 5.11 Å². The molecule has 1 atom stereocenters. The molecule has 0 radical (unpaired) electrons. The normalized spacial score (nSPS) is 26.9. The maximum absolute atomic E-state index is 8.10. The Morgan fingerprint density at radius 3 is 2.82 bits per heavy atom. The molecular weight excluding hydrogens is 142 g/mol. The van der Waals surface area contributed by atoms with Crippen molar-refractivity contribution < 1.29 is 0 Å². The van der Waals surface area contributed by atoms with E-state index in [1.54, 1.807) is 0 Å². The minimum atomic E-state index is 0.399. The van der Waals surface area contributed by atoms with Crippen LogP contribution in [-0.2, 0) is 0 Å². The Balaban J connectivity index is 2.40. The maximum atomic E-state index is 8.10. The summed E-state index contributed by atoms with van der Waals surface area (Å²) in [6.45, 7) is 2.54. The van der Waals surface area contributed by atoms with Crippen molar-refractivity contribution in [3.05, 3.63) is 10.4 Å². The minimum Gasteiger partial charge on any atom is -0.292 e. The maximum Gasteiger partial charge on any atom is 0.0504 e. The summed E-state index contributed by atoms with van der Waals surface area (Å²) in [7, 11) is 4.10. The van der Waals surface area contributed by atoms with Crippen LogP contribution in [0.2, 0.25) is 0 Å². The molecule has 1 saturated heterocycles. The molecule has 1 heterocycles. The minimum absolute atomic E-state index is 0.399. The zero-order valence-electron chi connectivity index (χ0n) is 6.93. The van der Waals surface area contributed by atoms with Crippen molar-refractivity contribution in [2.45, 2.75) is 6.04 Å². The van der Waals surface area contributed by atoms with Gasteiger partial charge in [0.1, 0.15) is 0 Å². The summed E-state index contributed by atoms with van der Waals surface area (Å²) in [5, 5.41) is 3.55. The molecular formula is C6H13N5. The van der Waals surface area contributed by atoms with E-state index in [4.69, 9.17) is 5.53 Å². The Hall–Kier alpha value is -0.770. The number of hydrogen-bond acceptors (Lipinski definition) is 3. The van der Waals surface area contributed by atoms with Gasteiger partial charge >= 0.3 is 0 Å². The summed E-state index contributed by atoms with van der Waals surface area (Å²) >= 11 is 0. The molecule has 1 rings (SSSR count). The van der Waals surface area contributed by atoms with Gasteiger partial charge in [0.05, 0.1) is 6.67 Å². The number of likely N-dealkylation sites (N-methyl/N-ethyl adjacent to an activating group) is 2. The molecule has 0 aromatic carbocycles. The lowest BCUT2D eigenvalue weighted by Gasteiger charge is -2.14. The highest BCUT2D eigenvalue weighted by atomic mass is 15.4. The van der Waals surface area contributed by atoms with Gasteiger partial charge in [-0.05, 0) is 19.6 Å². The monoisotopic (exact) mass is 155 g/mol. The molecule has 1 unspecified atom stereocenters. The largest absolute Gasteiger partial charge is 0.292 e. The average molecular weight is 155 g/mol. The van der Waals surface area contributed by atoms with Crippen LogP contribution in [0.4, 0.5) is 0 Å². The molecule has 11 heavy (non-hydrogen) atoms. The van der Waals surface area contributed by atoms with Crippen LogP contribution in [0.1, 0.15) is 0 Å². The fraction of sp³-hybridized carbons (Fsp3) is 1.00. The molecule has 0 saturated carbocycles. The zero-order valence-corrected chi connectivity index (χ0v) is 6.93. The van der Waals surface area contributed by atoms with Crippen molar-refractivity contribution in [3.8, 4) is 0 Å². The summed E-state index contributed by atoms with van der Waals surface area (Å²) in [5.41, 5.74) is 8.10. The summed E-state index contributed by atoms with van der Waals surface area (Å²) in [6.07, 6.45) is 0.